The lowest BCUT2D eigenvalue weighted by Gasteiger charge is -2.39. The molecule has 0 heterocycles. The van der Waals surface area contributed by atoms with Crippen LogP contribution < -0.4 is 10.2 Å². The van der Waals surface area contributed by atoms with E-state index in [-0.39, 0.29) is 12.4 Å². The molecule has 5 nitrogen and oxygen atoms in total. The molecule has 0 aliphatic carbocycles. The van der Waals surface area contributed by atoms with Gasteiger partial charge in [0, 0.05) is 16.3 Å². The number of aliphatic hydroxyl groups excluding tert-OH is 1. The minimum absolute atomic E-state index is 0.251. The van der Waals surface area contributed by atoms with E-state index in [9.17, 15) is 14.7 Å². The van der Waals surface area contributed by atoms with Gasteiger partial charge in [0.15, 0.2) is 11.8 Å². The molecule has 1 atom stereocenters. The molecule has 6 heteroatoms. The average Bonchev–Trinajstić information content (AvgIpc) is 2.63. The van der Waals surface area contributed by atoms with Crippen molar-refractivity contribution < 1.29 is 14.7 Å². The van der Waals surface area contributed by atoms with Crippen molar-refractivity contribution in [2.24, 2.45) is 0 Å². The van der Waals surface area contributed by atoms with E-state index in [1.165, 1.54) is 4.90 Å². The van der Waals surface area contributed by atoms with Gasteiger partial charge in [0.2, 0.25) is 0 Å². The number of benzene rings is 2. The predicted octanol–water partition coefficient (Wildman–Crippen LogP) is 2.91. The number of carbonyl (C=O) groups excluding carboxylic acids is 2. The van der Waals surface area contributed by atoms with Gasteiger partial charge in [-0.05, 0) is 57.3 Å². The maximum Gasteiger partial charge on any atom is 0.252 e. The van der Waals surface area contributed by atoms with Crippen molar-refractivity contribution in [2.75, 3.05) is 18.6 Å². The number of ketones is 1. The second kappa shape index (κ2) is 8.45. The third kappa shape index (κ3) is 4.30. The monoisotopic (exact) mass is 374 g/mol. The van der Waals surface area contributed by atoms with Gasteiger partial charge in [0.25, 0.3) is 5.91 Å². The zero-order valence-electron chi connectivity index (χ0n) is 15.1. The number of carbonyl (C=O) groups is 2. The van der Waals surface area contributed by atoms with Crippen LogP contribution >= 0.6 is 11.6 Å². The Morgan fingerprint density at radius 2 is 1.69 bits per heavy atom. The van der Waals surface area contributed by atoms with Gasteiger partial charge in [-0.25, -0.2) is 0 Å². The number of nitrogens with zero attached hydrogens (tertiary/aromatic N) is 1. The first-order chi connectivity index (χ1) is 12.3. The van der Waals surface area contributed by atoms with Gasteiger partial charge in [-0.3, -0.25) is 9.59 Å². The molecule has 2 rings (SSSR count). The first kappa shape index (κ1) is 20.1. The highest BCUT2D eigenvalue weighted by molar-refractivity contribution is 6.30. The van der Waals surface area contributed by atoms with E-state index in [1.54, 1.807) is 69.4 Å². The summed E-state index contributed by atoms with van der Waals surface area (Å²) in [6.07, 6.45) is 0. The summed E-state index contributed by atoms with van der Waals surface area (Å²) in [6, 6.07) is 14.3. The van der Waals surface area contributed by atoms with Gasteiger partial charge in [-0.15, -0.1) is 0 Å². The van der Waals surface area contributed by atoms with Crippen LogP contribution in [0.1, 0.15) is 24.2 Å². The standard InChI is InChI=1S/C20H23ClN2O3/c1-20(2,13-24)23(16-7-5-4-6-8-16)19(26)17(22-3)18(25)14-9-11-15(21)12-10-14/h4-12,17,22,24H,13H2,1-3H3. The fraction of sp³-hybridized carbons (Fsp3) is 0.300. The van der Waals surface area contributed by atoms with Gasteiger partial charge in [0.1, 0.15) is 0 Å². The fourth-order valence-corrected chi connectivity index (χ4v) is 2.83. The van der Waals surface area contributed by atoms with Crippen LogP contribution in [0, 0.1) is 0 Å². The Bertz CT molecular complexity index is 760. The lowest BCUT2D eigenvalue weighted by atomic mass is 9.97. The van der Waals surface area contributed by atoms with E-state index in [0.717, 1.165) is 0 Å². The maximum absolute atomic E-state index is 13.3. The van der Waals surface area contributed by atoms with Gasteiger partial charge >= 0.3 is 0 Å². The lowest BCUT2D eigenvalue weighted by molar-refractivity contribution is -0.120. The molecule has 138 valence electrons. The number of para-hydroxylation sites is 1. The van der Waals surface area contributed by atoms with Crippen LogP contribution in [0.2, 0.25) is 5.02 Å². The Balaban J connectivity index is 2.42. The Morgan fingerprint density at radius 3 is 2.19 bits per heavy atom. The molecule has 1 amide bonds. The van der Waals surface area contributed by atoms with Crippen molar-refractivity contribution in [2.45, 2.75) is 25.4 Å². The minimum atomic E-state index is -1.08. The molecule has 0 saturated carbocycles. The molecular weight excluding hydrogens is 352 g/mol. The number of likely N-dealkylation sites (N-methyl/N-ethyl adjacent to an activating group) is 1. The Hall–Kier alpha value is -2.21. The Morgan fingerprint density at radius 1 is 1.12 bits per heavy atom. The first-order valence-electron chi connectivity index (χ1n) is 8.29. The summed E-state index contributed by atoms with van der Waals surface area (Å²) >= 11 is 5.87. The third-order valence-corrected chi connectivity index (χ3v) is 4.41. The fourth-order valence-electron chi connectivity index (χ4n) is 2.70. The number of halogens is 1. The molecule has 2 aromatic carbocycles. The molecule has 2 aromatic rings. The topological polar surface area (TPSA) is 69.6 Å². The summed E-state index contributed by atoms with van der Waals surface area (Å²) in [4.78, 5) is 27.6. The number of rotatable bonds is 7. The maximum atomic E-state index is 13.3. The average molecular weight is 375 g/mol. The molecule has 0 radical (unpaired) electrons. The van der Waals surface area contributed by atoms with Crippen LogP contribution in [0.4, 0.5) is 5.69 Å². The molecule has 1 unspecified atom stereocenters. The first-order valence-corrected chi connectivity index (χ1v) is 8.66. The van der Waals surface area contributed by atoms with E-state index >= 15 is 0 Å². The van der Waals surface area contributed by atoms with Crippen LogP contribution in [-0.4, -0.2) is 42.0 Å². The third-order valence-electron chi connectivity index (χ3n) is 4.15. The van der Waals surface area contributed by atoms with Crippen molar-refractivity contribution in [1.29, 1.82) is 0 Å². The van der Waals surface area contributed by atoms with E-state index in [0.29, 0.717) is 16.3 Å². The van der Waals surface area contributed by atoms with Crippen LogP contribution in [0.15, 0.2) is 54.6 Å². The number of nitrogens with one attached hydrogen (secondary N) is 1. The van der Waals surface area contributed by atoms with Crippen LogP contribution in [0.5, 0.6) is 0 Å². The molecule has 0 aromatic heterocycles. The quantitative estimate of drug-likeness (QED) is 0.577. The summed E-state index contributed by atoms with van der Waals surface area (Å²) in [5, 5.41) is 13.1. The molecule has 0 saturated heterocycles. The summed E-state index contributed by atoms with van der Waals surface area (Å²) in [5.41, 5.74) is 0.117. The van der Waals surface area contributed by atoms with E-state index in [2.05, 4.69) is 5.32 Å². The number of amides is 1. The molecule has 0 bridgehead atoms. The summed E-state index contributed by atoms with van der Waals surface area (Å²) in [5.74, 6) is -0.790. The minimum Gasteiger partial charge on any atom is -0.394 e. The smallest absolute Gasteiger partial charge is 0.252 e. The molecule has 26 heavy (non-hydrogen) atoms. The molecule has 0 aliphatic rings. The van der Waals surface area contributed by atoms with Gasteiger partial charge in [-0.2, -0.15) is 0 Å². The van der Waals surface area contributed by atoms with Crippen LogP contribution in [0.3, 0.4) is 0 Å². The molecule has 0 aliphatic heterocycles. The second-order valence-electron chi connectivity index (χ2n) is 6.57. The number of hydrogen-bond acceptors (Lipinski definition) is 4. The van der Waals surface area contributed by atoms with Gasteiger partial charge in [-0.1, -0.05) is 29.8 Å². The van der Waals surface area contributed by atoms with E-state index in [4.69, 9.17) is 11.6 Å². The van der Waals surface area contributed by atoms with Gasteiger partial charge in [0.05, 0.1) is 12.1 Å². The van der Waals surface area contributed by atoms with Crippen molar-refractivity contribution in [3.8, 4) is 0 Å². The largest absolute Gasteiger partial charge is 0.394 e. The summed E-state index contributed by atoms with van der Waals surface area (Å²) < 4.78 is 0. The lowest BCUT2D eigenvalue weighted by Crippen LogP contribution is -2.58. The predicted molar refractivity (Wildman–Crippen MR) is 104 cm³/mol. The zero-order chi connectivity index (χ0) is 19.3. The summed E-state index contributed by atoms with van der Waals surface area (Å²) in [7, 11) is 1.56. The highest BCUT2D eigenvalue weighted by Gasteiger charge is 2.38. The van der Waals surface area contributed by atoms with Crippen LogP contribution in [0.25, 0.3) is 0 Å². The van der Waals surface area contributed by atoms with Crippen molar-refractivity contribution >= 4 is 29.0 Å². The SMILES string of the molecule is CNC(C(=O)c1ccc(Cl)cc1)C(=O)N(c1ccccc1)C(C)(C)CO. The number of aliphatic hydroxyl groups is 1. The van der Waals surface area contributed by atoms with Crippen molar-refractivity contribution in [1.82, 2.24) is 5.32 Å². The highest BCUT2D eigenvalue weighted by atomic mass is 35.5. The molecular formula is C20H23ClN2O3. The number of hydrogen-bond donors (Lipinski definition) is 2. The van der Waals surface area contributed by atoms with Gasteiger partial charge < -0.3 is 15.3 Å². The van der Waals surface area contributed by atoms with Crippen molar-refractivity contribution in [3.63, 3.8) is 0 Å². The van der Waals surface area contributed by atoms with Crippen LogP contribution in [-0.2, 0) is 4.79 Å². The van der Waals surface area contributed by atoms with E-state index < -0.39 is 17.5 Å². The molecule has 0 spiro atoms. The van der Waals surface area contributed by atoms with Crippen molar-refractivity contribution in [3.05, 3.63) is 65.2 Å². The highest BCUT2D eigenvalue weighted by Crippen LogP contribution is 2.25. The normalized spacial score (nSPS) is 12.5. The molecule has 2 N–H and O–H groups in total. The Kier molecular flexibility index (Phi) is 6.53. The zero-order valence-corrected chi connectivity index (χ0v) is 15.8. The number of anilines is 1. The number of Topliss-reactive ketones (excluding diaryl/α,β-unsaturated/α-hetero) is 1. The second-order valence-corrected chi connectivity index (χ2v) is 7.01. The molecule has 0 fully saturated rings. The summed E-state index contributed by atoms with van der Waals surface area (Å²) in [6.45, 7) is 3.24. The Labute approximate surface area is 158 Å². The van der Waals surface area contributed by atoms with E-state index in [1.807, 2.05) is 6.07 Å².